The van der Waals surface area contributed by atoms with Crippen molar-refractivity contribution in [2.24, 2.45) is 0 Å². The van der Waals surface area contributed by atoms with E-state index in [0.717, 1.165) is 18.5 Å². The molecule has 1 rings (SSSR count). The van der Waals surface area contributed by atoms with Gasteiger partial charge in [-0.25, -0.2) is 0 Å². The Morgan fingerprint density at radius 2 is 2.45 bits per heavy atom. The summed E-state index contributed by atoms with van der Waals surface area (Å²) in [6.07, 6.45) is 1.19. The first kappa shape index (κ1) is 9.49. The molecule has 2 nitrogen and oxygen atoms in total. The summed E-state index contributed by atoms with van der Waals surface area (Å²) in [4.78, 5) is 2.39. The minimum atomic E-state index is 0.613. The van der Waals surface area contributed by atoms with Crippen molar-refractivity contribution in [1.29, 1.82) is 0 Å². The molecule has 1 heterocycles. The minimum absolute atomic E-state index is 0.613. The summed E-state index contributed by atoms with van der Waals surface area (Å²) in [7, 11) is 2.17. The smallest absolute Gasteiger partial charge is 0.0622 e. The Morgan fingerprint density at radius 3 is 2.91 bits per heavy atom. The maximum atomic E-state index is 5.32. The van der Waals surface area contributed by atoms with Crippen LogP contribution in [-0.2, 0) is 4.74 Å². The highest BCUT2D eigenvalue weighted by Crippen LogP contribution is 2.13. The molecule has 1 aliphatic rings. The molecule has 1 saturated heterocycles. The molecule has 0 aromatic carbocycles. The Hall–Kier alpha value is 0.400. The SMILES string of the molecule is CC(CBr)N(C)C1CCOC1. The molecule has 0 N–H and O–H groups in total. The number of rotatable bonds is 3. The molecule has 3 heteroatoms. The van der Waals surface area contributed by atoms with Crippen molar-refractivity contribution < 1.29 is 4.74 Å². The first-order valence-corrected chi connectivity index (χ1v) is 5.23. The lowest BCUT2D eigenvalue weighted by atomic mass is 10.2. The van der Waals surface area contributed by atoms with E-state index in [1.165, 1.54) is 6.42 Å². The Kier molecular flexibility index (Phi) is 3.82. The van der Waals surface area contributed by atoms with E-state index in [9.17, 15) is 0 Å². The molecular weight excluding hydrogens is 206 g/mol. The Bertz CT molecular complexity index is 115. The first-order valence-electron chi connectivity index (χ1n) is 4.11. The molecule has 2 unspecified atom stereocenters. The maximum absolute atomic E-state index is 5.32. The van der Waals surface area contributed by atoms with Gasteiger partial charge in [0.25, 0.3) is 0 Å². The largest absolute Gasteiger partial charge is 0.380 e. The van der Waals surface area contributed by atoms with Crippen molar-refractivity contribution in [2.45, 2.75) is 25.4 Å². The predicted octanol–water partition coefficient (Wildman–Crippen LogP) is 1.49. The van der Waals surface area contributed by atoms with Gasteiger partial charge in [0, 0.05) is 24.0 Å². The molecule has 11 heavy (non-hydrogen) atoms. The molecule has 0 radical (unpaired) electrons. The van der Waals surface area contributed by atoms with Gasteiger partial charge in [-0.15, -0.1) is 0 Å². The summed E-state index contributed by atoms with van der Waals surface area (Å²) in [5, 5.41) is 1.04. The fourth-order valence-electron chi connectivity index (χ4n) is 1.31. The second-order valence-corrected chi connectivity index (χ2v) is 3.83. The summed E-state index contributed by atoms with van der Waals surface area (Å²) < 4.78 is 5.32. The van der Waals surface area contributed by atoms with Gasteiger partial charge in [0.2, 0.25) is 0 Å². The van der Waals surface area contributed by atoms with Gasteiger partial charge < -0.3 is 4.74 Å². The van der Waals surface area contributed by atoms with E-state index in [1.807, 2.05) is 0 Å². The minimum Gasteiger partial charge on any atom is -0.380 e. The average Bonchev–Trinajstić information content (AvgIpc) is 2.53. The van der Waals surface area contributed by atoms with Gasteiger partial charge in [0.15, 0.2) is 0 Å². The summed E-state index contributed by atoms with van der Waals surface area (Å²) >= 11 is 3.48. The number of hydrogen-bond acceptors (Lipinski definition) is 2. The van der Waals surface area contributed by atoms with E-state index in [4.69, 9.17) is 4.74 Å². The van der Waals surface area contributed by atoms with Crippen molar-refractivity contribution in [2.75, 3.05) is 25.6 Å². The molecule has 0 bridgehead atoms. The van der Waals surface area contributed by atoms with Gasteiger partial charge in [-0.05, 0) is 20.4 Å². The van der Waals surface area contributed by atoms with Gasteiger partial charge in [0.1, 0.15) is 0 Å². The van der Waals surface area contributed by atoms with Gasteiger partial charge in [-0.3, -0.25) is 4.90 Å². The Balaban J connectivity index is 2.32. The zero-order chi connectivity index (χ0) is 8.27. The topological polar surface area (TPSA) is 12.5 Å². The summed E-state index contributed by atoms with van der Waals surface area (Å²) in [5.41, 5.74) is 0. The van der Waals surface area contributed by atoms with Gasteiger partial charge in [-0.2, -0.15) is 0 Å². The number of likely N-dealkylation sites (N-methyl/N-ethyl adjacent to an activating group) is 1. The lowest BCUT2D eigenvalue weighted by Crippen LogP contribution is -2.39. The fourth-order valence-corrected chi connectivity index (χ4v) is 1.77. The second kappa shape index (κ2) is 4.43. The maximum Gasteiger partial charge on any atom is 0.0622 e. The number of nitrogens with zero attached hydrogens (tertiary/aromatic N) is 1. The lowest BCUT2D eigenvalue weighted by Gasteiger charge is -2.28. The van der Waals surface area contributed by atoms with Crippen LogP contribution in [0.15, 0.2) is 0 Å². The molecule has 0 aliphatic carbocycles. The monoisotopic (exact) mass is 221 g/mol. The normalized spacial score (nSPS) is 27.8. The second-order valence-electron chi connectivity index (χ2n) is 3.19. The van der Waals surface area contributed by atoms with E-state index in [1.54, 1.807) is 0 Å². The van der Waals surface area contributed by atoms with Gasteiger partial charge in [0.05, 0.1) is 6.61 Å². The molecular formula is C8H16BrNO. The molecule has 66 valence electrons. The van der Waals surface area contributed by atoms with E-state index >= 15 is 0 Å². The number of ether oxygens (including phenoxy) is 1. The molecule has 0 amide bonds. The fraction of sp³-hybridized carbons (Fsp3) is 1.00. The first-order chi connectivity index (χ1) is 5.25. The Morgan fingerprint density at radius 1 is 1.73 bits per heavy atom. The van der Waals surface area contributed by atoms with Crippen molar-refractivity contribution in [1.82, 2.24) is 4.90 Å². The molecule has 0 spiro atoms. The number of halogens is 1. The summed E-state index contributed by atoms with van der Waals surface area (Å²) in [5.74, 6) is 0. The zero-order valence-electron chi connectivity index (χ0n) is 7.22. The highest BCUT2D eigenvalue weighted by atomic mass is 79.9. The van der Waals surface area contributed by atoms with Crippen molar-refractivity contribution in [3.63, 3.8) is 0 Å². The molecule has 0 saturated carbocycles. The van der Waals surface area contributed by atoms with Crippen LogP contribution in [0.25, 0.3) is 0 Å². The molecule has 1 fully saturated rings. The lowest BCUT2D eigenvalue weighted by molar-refractivity contribution is 0.144. The third kappa shape index (κ3) is 2.42. The van der Waals surface area contributed by atoms with Crippen molar-refractivity contribution >= 4 is 15.9 Å². The zero-order valence-corrected chi connectivity index (χ0v) is 8.80. The van der Waals surface area contributed by atoms with Crippen LogP contribution in [-0.4, -0.2) is 42.6 Å². The summed E-state index contributed by atoms with van der Waals surface area (Å²) in [6, 6.07) is 1.25. The number of alkyl halides is 1. The van der Waals surface area contributed by atoms with Crippen LogP contribution in [0.4, 0.5) is 0 Å². The third-order valence-corrected chi connectivity index (χ3v) is 3.34. The van der Waals surface area contributed by atoms with Crippen LogP contribution in [0, 0.1) is 0 Å². The Labute approximate surface area is 77.0 Å². The molecule has 1 aliphatic heterocycles. The molecule has 0 aromatic heterocycles. The van der Waals surface area contributed by atoms with E-state index in [2.05, 4.69) is 34.8 Å². The van der Waals surface area contributed by atoms with Gasteiger partial charge in [-0.1, -0.05) is 15.9 Å². The summed E-state index contributed by atoms with van der Waals surface area (Å²) in [6.45, 7) is 4.07. The average molecular weight is 222 g/mol. The predicted molar refractivity (Wildman–Crippen MR) is 50.2 cm³/mol. The van der Waals surface area contributed by atoms with Crippen molar-refractivity contribution in [3.8, 4) is 0 Å². The van der Waals surface area contributed by atoms with Crippen LogP contribution < -0.4 is 0 Å². The molecule has 0 aromatic rings. The van der Waals surface area contributed by atoms with E-state index in [0.29, 0.717) is 12.1 Å². The van der Waals surface area contributed by atoms with Crippen LogP contribution in [0.2, 0.25) is 0 Å². The quantitative estimate of drug-likeness (QED) is 0.671. The highest BCUT2D eigenvalue weighted by molar-refractivity contribution is 9.09. The van der Waals surface area contributed by atoms with Crippen LogP contribution >= 0.6 is 15.9 Å². The highest BCUT2D eigenvalue weighted by Gasteiger charge is 2.22. The molecule has 2 atom stereocenters. The van der Waals surface area contributed by atoms with Crippen LogP contribution in [0.1, 0.15) is 13.3 Å². The van der Waals surface area contributed by atoms with E-state index < -0.39 is 0 Å². The van der Waals surface area contributed by atoms with Gasteiger partial charge >= 0.3 is 0 Å². The van der Waals surface area contributed by atoms with Crippen molar-refractivity contribution in [3.05, 3.63) is 0 Å². The number of hydrogen-bond donors (Lipinski definition) is 0. The third-order valence-electron chi connectivity index (χ3n) is 2.40. The van der Waals surface area contributed by atoms with E-state index in [-0.39, 0.29) is 0 Å². The van der Waals surface area contributed by atoms with Crippen LogP contribution in [0.3, 0.4) is 0 Å². The van der Waals surface area contributed by atoms with Crippen LogP contribution in [0.5, 0.6) is 0 Å². The standard InChI is InChI=1S/C8H16BrNO/c1-7(5-9)10(2)8-3-4-11-6-8/h7-8H,3-6H2,1-2H3.